The van der Waals surface area contributed by atoms with Crippen molar-refractivity contribution < 1.29 is 9.66 Å². The highest BCUT2D eigenvalue weighted by atomic mass is 16.6. The number of nitro groups is 1. The van der Waals surface area contributed by atoms with Gasteiger partial charge in [0.15, 0.2) is 0 Å². The Morgan fingerprint density at radius 2 is 2.29 bits per heavy atom. The van der Waals surface area contributed by atoms with E-state index < -0.39 is 4.92 Å². The molecule has 1 aromatic rings. The second kappa shape index (κ2) is 3.66. The molecule has 1 saturated carbocycles. The van der Waals surface area contributed by atoms with E-state index in [1.807, 2.05) is 0 Å². The Bertz CT molecular complexity index is 442. The van der Waals surface area contributed by atoms with Crippen molar-refractivity contribution in [3.63, 3.8) is 0 Å². The summed E-state index contributed by atoms with van der Waals surface area (Å²) < 4.78 is 5.71. The number of ether oxygens (including phenoxy) is 1. The Hall–Kier alpha value is -1.69. The fourth-order valence-corrected chi connectivity index (χ4v) is 2.16. The van der Waals surface area contributed by atoms with Gasteiger partial charge in [-0.25, -0.2) is 4.98 Å². The molecule has 2 heterocycles. The van der Waals surface area contributed by atoms with Crippen LogP contribution in [0, 0.1) is 10.1 Å². The molecule has 0 atom stereocenters. The van der Waals surface area contributed by atoms with Crippen molar-refractivity contribution >= 4 is 11.5 Å². The van der Waals surface area contributed by atoms with Crippen LogP contribution in [-0.4, -0.2) is 35.2 Å². The van der Waals surface area contributed by atoms with Crippen LogP contribution in [0.15, 0.2) is 18.3 Å². The van der Waals surface area contributed by atoms with E-state index in [1.165, 1.54) is 12.3 Å². The van der Waals surface area contributed by atoms with Crippen LogP contribution in [0.25, 0.3) is 0 Å². The Morgan fingerprint density at radius 1 is 1.47 bits per heavy atom. The van der Waals surface area contributed by atoms with E-state index in [-0.39, 0.29) is 11.3 Å². The van der Waals surface area contributed by atoms with Gasteiger partial charge >= 0.3 is 0 Å². The molecule has 1 aliphatic carbocycles. The Morgan fingerprint density at radius 3 is 2.88 bits per heavy atom. The topological polar surface area (TPSA) is 68.5 Å². The molecule has 1 spiro atoms. The molecule has 17 heavy (non-hydrogen) atoms. The SMILES string of the molecule is O=[N+]([O-])c1ccc(N2CCOC3(CC3)C2)nc1. The smallest absolute Gasteiger partial charge is 0.287 e. The molecule has 0 bridgehead atoms. The van der Waals surface area contributed by atoms with Gasteiger partial charge in [0.2, 0.25) is 0 Å². The van der Waals surface area contributed by atoms with Crippen molar-refractivity contribution in [2.75, 3.05) is 24.6 Å². The summed E-state index contributed by atoms with van der Waals surface area (Å²) in [6.07, 6.45) is 3.53. The van der Waals surface area contributed by atoms with Gasteiger partial charge in [-0.15, -0.1) is 0 Å². The van der Waals surface area contributed by atoms with Gasteiger partial charge in [0, 0.05) is 19.2 Å². The number of rotatable bonds is 2. The summed E-state index contributed by atoms with van der Waals surface area (Å²) in [7, 11) is 0. The second-order valence-electron chi connectivity index (χ2n) is 4.58. The van der Waals surface area contributed by atoms with Gasteiger partial charge in [-0.1, -0.05) is 0 Å². The molecule has 1 saturated heterocycles. The summed E-state index contributed by atoms with van der Waals surface area (Å²) in [5.74, 6) is 0.796. The van der Waals surface area contributed by atoms with Crippen LogP contribution in [0.4, 0.5) is 11.5 Å². The fraction of sp³-hybridized carbons (Fsp3) is 0.545. The minimum atomic E-state index is -0.432. The molecule has 3 rings (SSSR count). The van der Waals surface area contributed by atoms with E-state index in [2.05, 4.69) is 9.88 Å². The third-order valence-electron chi connectivity index (χ3n) is 3.32. The van der Waals surface area contributed by atoms with E-state index in [0.717, 1.165) is 31.7 Å². The molecule has 0 aromatic carbocycles. The van der Waals surface area contributed by atoms with E-state index in [0.29, 0.717) is 6.61 Å². The molecule has 0 radical (unpaired) electrons. The van der Waals surface area contributed by atoms with E-state index in [4.69, 9.17) is 4.74 Å². The van der Waals surface area contributed by atoms with Crippen molar-refractivity contribution in [1.82, 2.24) is 4.98 Å². The summed E-state index contributed by atoms with van der Waals surface area (Å²) in [4.78, 5) is 16.4. The third kappa shape index (κ3) is 1.95. The Balaban J connectivity index is 1.77. The predicted octanol–water partition coefficient (Wildman–Crippen LogP) is 1.36. The highest BCUT2D eigenvalue weighted by molar-refractivity contribution is 5.44. The molecule has 6 heteroatoms. The average molecular weight is 235 g/mol. The molecule has 0 unspecified atom stereocenters. The van der Waals surface area contributed by atoms with Crippen molar-refractivity contribution in [1.29, 1.82) is 0 Å². The Kier molecular flexibility index (Phi) is 2.25. The van der Waals surface area contributed by atoms with Gasteiger partial charge in [0.05, 0.1) is 17.1 Å². The number of hydrogen-bond donors (Lipinski definition) is 0. The maximum absolute atomic E-state index is 10.5. The lowest BCUT2D eigenvalue weighted by Gasteiger charge is -2.33. The summed E-state index contributed by atoms with van der Waals surface area (Å²) in [6, 6.07) is 3.21. The number of nitrogens with zero attached hydrogens (tertiary/aromatic N) is 3. The van der Waals surface area contributed by atoms with Crippen LogP contribution in [-0.2, 0) is 4.74 Å². The molecule has 1 aliphatic heterocycles. The molecule has 1 aromatic heterocycles. The zero-order valence-electron chi connectivity index (χ0n) is 9.33. The van der Waals surface area contributed by atoms with Crippen LogP contribution in [0.5, 0.6) is 0 Å². The number of aromatic nitrogens is 1. The van der Waals surface area contributed by atoms with Gasteiger partial charge < -0.3 is 9.64 Å². The quantitative estimate of drug-likeness (QED) is 0.572. The number of hydrogen-bond acceptors (Lipinski definition) is 5. The Labute approximate surface area is 98.4 Å². The molecule has 2 aliphatic rings. The monoisotopic (exact) mass is 235 g/mol. The molecule has 2 fully saturated rings. The molecule has 6 nitrogen and oxygen atoms in total. The lowest BCUT2D eigenvalue weighted by Crippen LogP contribution is -2.44. The number of anilines is 1. The van der Waals surface area contributed by atoms with Crippen LogP contribution < -0.4 is 4.90 Å². The highest BCUT2D eigenvalue weighted by Gasteiger charge is 2.47. The fourth-order valence-electron chi connectivity index (χ4n) is 2.16. The summed E-state index contributed by atoms with van der Waals surface area (Å²) in [5.41, 5.74) is 0.0740. The number of pyridine rings is 1. The van der Waals surface area contributed by atoms with Gasteiger partial charge in [-0.3, -0.25) is 10.1 Å². The van der Waals surface area contributed by atoms with Crippen molar-refractivity contribution in [3.05, 3.63) is 28.4 Å². The highest BCUT2D eigenvalue weighted by Crippen LogP contribution is 2.42. The second-order valence-corrected chi connectivity index (χ2v) is 4.58. The zero-order valence-corrected chi connectivity index (χ0v) is 9.33. The molecule has 0 N–H and O–H groups in total. The minimum Gasteiger partial charge on any atom is -0.371 e. The van der Waals surface area contributed by atoms with Gasteiger partial charge in [0.25, 0.3) is 5.69 Å². The average Bonchev–Trinajstić information content (AvgIpc) is 3.08. The summed E-state index contributed by atoms with van der Waals surface area (Å²) in [6.45, 7) is 2.35. The van der Waals surface area contributed by atoms with Crippen LogP contribution in [0.2, 0.25) is 0 Å². The largest absolute Gasteiger partial charge is 0.371 e. The van der Waals surface area contributed by atoms with Crippen LogP contribution in [0.3, 0.4) is 0 Å². The number of morpholine rings is 1. The first-order valence-electron chi connectivity index (χ1n) is 5.68. The van der Waals surface area contributed by atoms with Gasteiger partial charge in [-0.05, 0) is 18.9 Å². The molecular weight excluding hydrogens is 222 g/mol. The van der Waals surface area contributed by atoms with Crippen molar-refractivity contribution in [2.45, 2.75) is 18.4 Å². The zero-order chi connectivity index (χ0) is 11.9. The standard InChI is InChI=1S/C11H13N3O3/c15-14(16)9-1-2-10(12-7-9)13-5-6-17-11(8-13)3-4-11/h1-2,7H,3-6,8H2. The van der Waals surface area contributed by atoms with E-state index >= 15 is 0 Å². The first kappa shape index (κ1) is 10.5. The van der Waals surface area contributed by atoms with E-state index in [9.17, 15) is 10.1 Å². The van der Waals surface area contributed by atoms with Crippen molar-refractivity contribution in [3.8, 4) is 0 Å². The van der Waals surface area contributed by atoms with Gasteiger partial charge in [-0.2, -0.15) is 0 Å². The first-order valence-corrected chi connectivity index (χ1v) is 5.68. The summed E-state index contributed by atoms with van der Waals surface area (Å²) in [5, 5.41) is 10.5. The summed E-state index contributed by atoms with van der Waals surface area (Å²) >= 11 is 0. The first-order chi connectivity index (χ1) is 8.19. The van der Waals surface area contributed by atoms with E-state index in [1.54, 1.807) is 6.07 Å². The maximum atomic E-state index is 10.5. The third-order valence-corrected chi connectivity index (χ3v) is 3.32. The van der Waals surface area contributed by atoms with Gasteiger partial charge in [0.1, 0.15) is 12.0 Å². The lowest BCUT2D eigenvalue weighted by molar-refractivity contribution is -0.385. The lowest BCUT2D eigenvalue weighted by atomic mass is 10.2. The maximum Gasteiger partial charge on any atom is 0.287 e. The normalized spacial score (nSPS) is 21.5. The van der Waals surface area contributed by atoms with Crippen molar-refractivity contribution in [2.24, 2.45) is 0 Å². The minimum absolute atomic E-state index is 0.0307. The molecular formula is C11H13N3O3. The van der Waals surface area contributed by atoms with Crippen LogP contribution in [0.1, 0.15) is 12.8 Å². The predicted molar refractivity (Wildman–Crippen MR) is 61.0 cm³/mol. The molecule has 90 valence electrons. The molecule has 0 amide bonds. The van der Waals surface area contributed by atoms with Crippen LogP contribution >= 0.6 is 0 Å².